The van der Waals surface area contributed by atoms with Crippen molar-refractivity contribution in [1.82, 2.24) is 5.32 Å². The number of benzene rings is 1. The van der Waals surface area contributed by atoms with E-state index in [9.17, 15) is 0 Å². The van der Waals surface area contributed by atoms with Crippen molar-refractivity contribution in [2.75, 3.05) is 13.1 Å². The molecule has 0 aromatic heterocycles. The van der Waals surface area contributed by atoms with Gasteiger partial charge < -0.3 is 10.1 Å². The van der Waals surface area contributed by atoms with Gasteiger partial charge in [-0.3, -0.25) is 0 Å². The fourth-order valence-electron chi connectivity index (χ4n) is 2.41. The lowest BCUT2D eigenvalue weighted by Gasteiger charge is -2.10. The largest absolute Gasteiger partial charge is 0.490 e. The minimum atomic E-state index is 0.411. The lowest BCUT2D eigenvalue weighted by molar-refractivity contribution is 0.216. The predicted octanol–water partition coefficient (Wildman–Crippen LogP) is 3.08. The minimum Gasteiger partial charge on any atom is -0.490 e. The Kier molecular flexibility index (Phi) is 4.43. The van der Waals surface area contributed by atoms with Crippen molar-refractivity contribution in [3.63, 3.8) is 0 Å². The molecule has 1 N–H and O–H groups in total. The molecule has 0 amide bonds. The summed E-state index contributed by atoms with van der Waals surface area (Å²) in [5.41, 5.74) is 2.72. The Balaban J connectivity index is 1.73. The first-order valence-corrected chi connectivity index (χ1v) is 6.76. The molecule has 0 spiro atoms. The molecule has 2 nitrogen and oxygen atoms in total. The van der Waals surface area contributed by atoms with Gasteiger partial charge in [0.05, 0.1) is 0 Å². The van der Waals surface area contributed by atoms with E-state index in [1.54, 1.807) is 0 Å². The zero-order chi connectivity index (χ0) is 12.1. The number of fused-ring (bicyclic) bond motifs is 1. The van der Waals surface area contributed by atoms with Gasteiger partial charge in [-0.25, -0.2) is 0 Å². The van der Waals surface area contributed by atoms with Crippen molar-refractivity contribution in [3.8, 4) is 5.75 Å². The van der Waals surface area contributed by atoms with Gasteiger partial charge >= 0.3 is 0 Å². The highest BCUT2D eigenvalue weighted by atomic mass is 16.5. The summed E-state index contributed by atoms with van der Waals surface area (Å²) >= 11 is 0. The predicted molar refractivity (Wildman–Crippen MR) is 71.7 cm³/mol. The van der Waals surface area contributed by atoms with Crippen molar-refractivity contribution in [2.45, 2.75) is 45.6 Å². The van der Waals surface area contributed by atoms with Gasteiger partial charge in [-0.2, -0.15) is 0 Å². The number of unbranched alkanes of at least 4 members (excludes halogenated alkanes) is 1. The average Bonchev–Trinajstić information content (AvgIpc) is 2.70. The number of hydrogen-bond donors (Lipinski definition) is 1. The molecule has 1 aromatic rings. The van der Waals surface area contributed by atoms with Crippen LogP contribution in [-0.4, -0.2) is 19.2 Å². The molecular formula is C15H23NO. The third kappa shape index (κ3) is 3.47. The molecule has 1 atom stereocenters. The monoisotopic (exact) mass is 233 g/mol. The SMILES string of the molecule is CCNCCCCC1Cc2cc(C)ccc2O1. The summed E-state index contributed by atoms with van der Waals surface area (Å²) in [4.78, 5) is 0. The van der Waals surface area contributed by atoms with E-state index in [0.717, 1.165) is 25.3 Å². The van der Waals surface area contributed by atoms with Crippen LogP contribution in [0.15, 0.2) is 18.2 Å². The maximum absolute atomic E-state index is 5.95. The van der Waals surface area contributed by atoms with Crippen LogP contribution in [0.25, 0.3) is 0 Å². The first-order valence-electron chi connectivity index (χ1n) is 6.76. The molecule has 1 aliphatic rings. The smallest absolute Gasteiger partial charge is 0.123 e. The van der Waals surface area contributed by atoms with Crippen LogP contribution in [0.2, 0.25) is 0 Å². The molecule has 17 heavy (non-hydrogen) atoms. The van der Waals surface area contributed by atoms with E-state index < -0.39 is 0 Å². The van der Waals surface area contributed by atoms with Crippen LogP contribution in [0.1, 0.15) is 37.3 Å². The summed E-state index contributed by atoms with van der Waals surface area (Å²) < 4.78 is 5.95. The average molecular weight is 233 g/mol. The second-order valence-electron chi connectivity index (χ2n) is 4.90. The summed E-state index contributed by atoms with van der Waals surface area (Å²) in [5.74, 6) is 1.10. The number of aryl methyl sites for hydroxylation is 1. The van der Waals surface area contributed by atoms with Crippen LogP contribution < -0.4 is 10.1 Å². The summed E-state index contributed by atoms with van der Waals surface area (Å²) in [5, 5.41) is 3.36. The van der Waals surface area contributed by atoms with Crippen molar-refractivity contribution in [2.24, 2.45) is 0 Å². The lowest BCUT2D eigenvalue weighted by Crippen LogP contribution is -2.16. The summed E-state index contributed by atoms with van der Waals surface area (Å²) in [6.07, 6.45) is 5.19. The second kappa shape index (κ2) is 6.06. The van der Waals surface area contributed by atoms with E-state index in [4.69, 9.17) is 4.74 Å². The molecule has 0 fully saturated rings. The Morgan fingerprint density at radius 2 is 2.24 bits per heavy atom. The minimum absolute atomic E-state index is 0.411. The first kappa shape index (κ1) is 12.4. The molecule has 94 valence electrons. The molecule has 2 heteroatoms. The fourth-order valence-corrected chi connectivity index (χ4v) is 2.41. The van der Waals surface area contributed by atoms with E-state index in [0.29, 0.717) is 6.10 Å². The third-order valence-electron chi connectivity index (χ3n) is 3.34. The molecule has 1 unspecified atom stereocenters. The Bertz CT molecular complexity index is 362. The molecule has 0 saturated heterocycles. The Labute approximate surface area is 104 Å². The number of hydrogen-bond acceptors (Lipinski definition) is 2. The number of ether oxygens (including phenoxy) is 1. The van der Waals surface area contributed by atoms with Crippen LogP contribution in [-0.2, 0) is 6.42 Å². The van der Waals surface area contributed by atoms with Gasteiger partial charge in [0.2, 0.25) is 0 Å². The summed E-state index contributed by atoms with van der Waals surface area (Å²) in [6, 6.07) is 6.50. The van der Waals surface area contributed by atoms with Crippen LogP contribution >= 0.6 is 0 Å². The summed E-state index contributed by atoms with van der Waals surface area (Å²) in [6.45, 7) is 6.50. The van der Waals surface area contributed by atoms with Gasteiger partial charge in [-0.1, -0.05) is 24.6 Å². The van der Waals surface area contributed by atoms with E-state index >= 15 is 0 Å². The normalized spacial score (nSPS) is 17.9. The fraction of sp³-hybridized carbons (Fsp3) is 0.600. The standard InChI is InChI=1S/C15H23NO/c1-3-16-9-5-4-6-14-11-13-10-12(2)7-8-15(13)17-14/h7-8,10,14,16H,3-6,9,11H2,1-2H3. The molecule has 1 aromatic carbocycles. The highest BCUT2D eigenvalue weighted by molar-refractivity contribution is 5.40. The van der Waals surface area contributed by atoms with E-state index in [1.807, 2.05) is 0 Å². The van der Waals surface area contributed by atoms with Gasteiger partial charge in [-0.05, 0) is 50.9 Å². The van der Waals surface area contributed by atoms with Crippen molar-refractivity contribution in [1.29, 1.82) is 0 Å². The van der Waals surface area contributed by atoms with Crippen molar-refractivity contribution >= 4 is 0 Å². The molecule has 2 rings (SSSR count). The highest BCUT2D eigenvalue weighted by Crippen LogP contribution is 2.31. The number of rotatable bonds is 6. The molecular weight excluding hydrogens is 210 g/mol. The lowest BCUT2D eigenvalue weighted by atomic mass is 10.0. The van der Waals surface area contributed by atoms with Gasteiger partial charge in [0, 0.05) is 6.42 Å². The van der Waals surface area contributed by atoms with Crippen LogP contribution in [0.4, 0.5) is 0 Å². The Hall–Kier alpha value is -1.02. The van der Waals surface area contributed by atoms with Gasteiger partial charge in [0.25, 0.3) is 0 Å². The van der Waals surface area contributed by atoms with Gasteiger partial charge in [-0.15, -0.1) is 0 Å². The van der Waals surface area contributed by atoms with Gasteiger partial charge in [0.1, 0.15) is 11.9 Å². The molecule has 0 saturated carbocycles. The molecule has 0 bridgehead atoms. The first-order chi connectivity index (χ1) is 8.29. The maximum Gasteiger partial charge on any atom is 0.123 e. The van der Waals surface area contributed by atoms with E-state index in [1.165, 1.54) is 30.4 Å². The third-order valence-corrected chi connectivity index (χ3v) is 3.34. The molecule has 0 radical (unpaired) electrons. The maximum atomic E-state index is 5.95. The Morgan fingerprint density at radius 3 is 3.06 bits per heavy atom. The Morgan fingerprint density at radius 1 is 1.35 bits per heavy atom. The zero-order valence-corrected chi connectivity index (χ0v) is 11.0. The van der Waals surface area contributed by atoms with Gasteiger partial charge in [0.15, 0.2) is 0 Å². The van der Waals surface area contributed by atoms with Crippen LogP contribution in [0.3, 0.4) is 0 Å². The second-order valence-corrected chi connectivity index (χ2v) is 4.90. The quantitative estimate of drug-likeness (QED) is 0.762. The molecule has 1 aliphatic heterocycles. The van der Waals surface area contributed by atoms with Crippen LogP contribution in [0, 0.1) is 6.92 Å². The number of nitrogens with one attached hydrogen (secondary N) is 1. The zero-order valence-electron chi connectivity index (χ0n) is 11.0. The summed E-state index contributed by atoms with van der Waals surface area (Å²) in [7, 11) is 0. The molecule has 1 heterocycles. The van der Waals surface area contributed by atoms with E-state index in [2.05, 4.69) is 37.4 Å². The highest BCUT2D eigenvalue weighted by Gasteiger charge is 2.21. The molecule has 0 aliphatic carbocycles. The topological polar surface area (TPSA) is 21.3 Å². The van der Waals surface area contributed by atoms with Crippen molar-refractivity contribution < 1.29 is 4.74 Å². The van der Waals surface area contributed by atoms with E-state index in [-0.39, 0.29) is 0 Å². The van der Waals surface area contributed by atoms with Crippen LogP contribution in [0.5, 0.6) is 5.75 Å². The van der Waals surface area contributed by atoms with Crippen molar-refractivity contribution in [3.05, 3.63) is 29.3 Å².